The summed E-state index contributed by atoms with van der Waals surface area (Å²) in [4.78, 5) is 8.32. The van der Waals surface area contributed by atoms with Gasteiger partial charge in [-0.15, -0.1) is 0 Å². The molecule has 5 nitrogen and oxygen atoms in total. The van der Waals surface area contributed by atoms with E-state index >= 15 is 0 Å². The van der Waals surface area contributed by atoms with Crippen molar-refractivity contribution in [2.45, 2.75) is 19.3 Å². The van der Waals surface area contributed by atoms with Crippen molar-refractivity contribution in [3.63, 3.8) is 0 Å². The summed E-state index contributed by atoms with van der Waals surface area (Å²) in [5.74, 6) is 0.716. The molecule has 0 fully saturated rings. The van der Waals surface area contributed by atoms with Gasteiger partial charge in [-0.3, -0.25) is 0 Å². The molecule has 0 bridgehead atoms. The third-order valence-electron chi connectivity index (χ3n) is 3.67. The van der Waals surface area contributed by atoms with E-state index in [4.69, 9.17) is 4.74 Å². The molecular formula is C20H17F4N3O2. The molecule has 0 aliphatic rings. The molecule has 0 saturated carbocycles. The minimum absolute atomic E-state index is 0.112. The van der Waals surface area contributed by atoms with Crippen molar-refractivity contribution < 1.29 is 27.0 Å². The lowest BCUT2D eigenvalue weighted by molar-refractivity contribution is -0.176. The highest BCUT2D eigenvalue weighted by atomic mass is 19.4. The van der Waals surface area contributed by atoms with Crippen LogP contribution in [0.1, 0.15) is 11.1 Å². The van der Waals surface area contributed by atoms with E-state index in [1.165, 1.54) is 30.5 Å². The number of aromatic nitrogens is 2. The lowest BCUT2D eigenvalue weighted by Gasteiger charge is -2.09. The van der Waals surface area contributed by atoms with Crippen molar-refractivity contribution in [3.8, 4) is 11.6 Å². The second kappa shape index (κ2) is 9.33. The van der Waals surface area contributed by atoms with Crippen molar-refractivity contribution in [2.75, 3.05) is 11.9 Å². The van der Waals surface area contributed by atoms with E-state index in [0.29, 0.717) is 29.7 Å². The molecule has 3 aromatic rings. The van der Waals surface area contributed by atoms with Crippen LogP contribution in [-0.4, -0.2) is 22.8 Å². The average Bonchev–Trinajstić information content (AvgIpc) is 2.69. The molecule has 0 spiro atoms. The maximum Gasteiger partial charge on any atom is 0.411 e. The van der Waals surface area contributed by atoms with Crippen LogP contribution in [0.15, 0.2) is 60.8 Å². The van der Waals surface area contributed by atoms with E-state index in [0.717, 1.165) is 5.56 Å². The Labute approximate surface area is 164 Å². The molecule has 3 rings (SSSR count). The summed E-state index contributed by atoms with van der Waals surface area (Å²) >= 11 is 0. The first-order valence-electron chi connectivity index (χ1n) is 8.60. The molecule has 0 aliphatic carbocycles. The van der Waals surface area contributed by atoms with Crippen molar-refractivity contribution in [1.29, 1.82) is 0 Å². The second-order valence-corrected chi connectivity index (χ2v) is 6.05. The Balaban J connectivity index is 1.51. The second-order valence-electron chi connectivity index (χ2n) is 6.05. The highest BCUT2D eigenvalue weighted by Gasteiger charge is 2.27. The summed E-state index contributed by atoms with van der Waals surface area (Å²) in [6.07, 6.45) is -2.81. The number of anilines is 1. The van der Waals surface area contributed by atoms with Crippen LogP contribution in [0.4, 0.5) is 23.5 Å². The Kier molecular flexibility index (Phi) is 6.61. The molecule has 1 heterocycles. The topological polar surface area (TPSA) is 56.3 Å². The zero-order valence-corrected chi connectivity index (χ0v) is 15.1. The molecule has 9 heteroatoms. The third-order valence-corrected chi connectivity index (χ3v) is 3.67. The molecule has 0 atom stereocenters. The summed E-state index contributed by atoms with van der Waals surface area (Å²) < 4.78 is 59.4. The van der Waals surface area contributed by atoms with Crippen LogP contribution in [0.5, 0.6) is 11.6 Å². The largest absolute Gasteiger partial charge is 0.439 e. The molecule has 0 amide bonds. The number of nitrogens with zero attached hydrogens (tertiary/aromatic N) is 2. The van der Waals surface area contributed by atoms with E-state index in [1.54, 1.807) is 30.3 Å². The molecule has 152 valence electrons. The fourth-order valence-electron chi connectivity index (χ4n) is 2.33. The van der Waals surface area contributed by atoms with Gasteiger partial charge in [0.05, 0.1) is 6.61 Å². The van der Waals surface area contributed by atoms with Gasteiger partial charge in [-0.25, -0.2) is 9.37 Å². The smallest absolute Gasteiger partial charge is 0.411 e. The highest BCUT2D eigenvalue weighted by molar-refractivity contribution is 5.33. The highest BCUT2D eigenvalue weighted by Crippen LogP contribution is 2.20. The van der Waals surface area contributed by atoms with E-state index in [2.05, 4.69) is 20.0 Å². The van der Waals surface area contributed by atoms with Crippen LogP contribution in [0, 0.1) is 5.82 Å². The summed E-state index contributed by atoms with van der Waals surface area (Å²) in [7, 11) is 0. The Morgan fingerprint density at radius 3 is 2.28 bits per heavy atom. The van der Waals surface area contributed by atoms with Gasteiger partial charge in [-0.1, -0.05) is 24.3 Å². The van der Waals surface area contributed by atoms with Crippen LogP contribution in [0.2, 0.25) is 0 Å². The minimum Gasteiger partial charge on any atom is -0.439 e. The van der Waals surface area contributed by atoms with Crippen molar-refractivity contribution in [1.82, 2.24) is 9.97 Å². The Hall–Kier alpha value is -3.20. The molecule has 0 radical (unpaired) electrons. The van der Waals surface area contributed by atoms with E-state index in [1.807, 2.05) is 0 Å². The number of hydrogen-bond acceptors (Lipinski definition) is 5. The van der Waals surface area contributed by atoms with E-state index < -0.39 is 12.8 Å². The third kappa shape index (κ3) is 7.04. The molecule has 1 aromatic heterocycles. The Bertz CT molecular complexity index is 916. The first-order chi connectivity index (χ1) is 13.9. The van der Waals surface area contributed by atoms with Gasteiger partial charge in [0.2, 0.25) is 11.8 Å². The van der Waals surface area contributed by atoms with Gasteiger partial charge in [0.25, 0.3) is 0 Å². The van der Waals surface area contributed by atoms with E-state index in [9.17, 15) is 17.6 Å². The predicted octanol–water partition coefficient (Wildman–Crippen LogP) is 5.10. The van der Waals surface area contributed by atoms with Crippen molar-refractivity contribution in [2.24, 2.45) is 0 Å². The van der Waals surface area contributed by atoms with Gasteiger partial charge < -0.3 is 14.8 Å². The monoisotopic (exact) mass is 407 g/mol. The van der Waals surface area contributed by atoms with Gasteiger partial charge in [0, 0.05) is 18.8 Å². The predicted molar refractivity (Wildman–Crippen MR) is 98.0 cm³/mol. The van der Waals surface area contributed by atoms with Gasteiger partial charge in [0.1, 0.15) is 18.2 Å². The first-order valence-corrected chi connectivity index (χ1v) is 8.60. The summed E-state index contributed by atoms with van der Waals surface area (Å²) in [6, 6.07) is 14.1. The number of rotatable bonds is 8. The molecule has 0 unspecified atom stereocenters. The molecular weight excluding hydrogens is 390 g/mol. The Morgan fingerprint density at radius 2 is 1.59 bits per heavy atom. The minimum atomic E-state index is -4.33. The number of hydrogen-bond donors (Lipinski definition) is 1. The van der Waals surface area contributed by atoms with Crippen molar-refractivity contribution in [3.05, 3.63) is 77.7 Å². The zero-order chi connectivity index (χ0) is 20.7. The standard InChI is InChI=1S/C20H17F4N3O2/c21-16-5-7-17(8-6-16)29-18-9-10-25-19(27-18)26-11-14-1-3-15(4-2-14)12-28-13-20(22,23)24/h1-10H,11-13H2,(H,25,26,27). The maximum absolute atomic E-state index is 12.9. The van der Waals surface area contributed by atoms with Gasteiger partial charge in [-0.2, -0.15) is 18.2 Å². The lowest BCUT2D eigenvalue weighted by Crippen LogP contribution is -2.16. The van der Waals surface area contributed by atoms with Crippen molar-refractivity contribution >= 4 is 5.95 Å². The Morgan fingerprint density at radius 1 is 0.897 bits per heavy atom. The van der Waals surface area contributed by atoms with Crippen LogP contribution in [0.3, 0.4) is 0 Å². The van der Waals surface area contributed by atoms with Gasteiger partial charge in [0.15, 0.2) is 0 Å². The fourth-order valence-corrected chi connectivity index (χ4v) is 2.33. The number of nitrogens with one attached hydrogen (secondary N) is 1. The molecule has 29 heavy (non-hydrogen) atoms. The quantitative estimate of drug-likeness (QED) is 0.527. The maximum atomic E-state index is 12.9. The first kappa shape index (κ1) is 20.5. The van der Waals surface area contributed by atoms with Crippen LogP contribution < -0.4 is 10.1 Å². The molecule has 0 saturated heterocycles. The average molecular weight is 407 g/mol. The van der Waals surface area contributed by atoms with Crippen LogP contribution in [-0.2, 0) is 17.9 Å². The number of alkyl halides is 3. The fraction of sp³-hybridized carbons (Fsp3) is 0.200. The summed E-state index contributed by atoms with van der Waals surface area (Å²) in [5, 5.41) is 3.04. The van der Waals surface area contributed by atoms with Gasteiger partial charge >= 0.3 is 6.18 Å². The molecule has 2 aromatic carbocycles. The summed E-state index contributed by atoms with van der Waals surface area (Å²) in [6.45, 7) is -0.979. The van der Waals surface area contributed by atoms with E-state index in [-0.39, 0.29) is 12.4 Å². The zero-order valence-electron chi connectivity index (χ0n) is 15.1. The van der Waals surface area contributed by atoms with Gasteiger partial charge in [-0.05, 0) is 35.4 Å². The normalized spacial score (nSPS) is 11.3. The number of ether oxygens (including phenoxy) is 2. The number of halogens is 4. The lowest BCUT2D eigenvalue weighted by atomic mass is 10.1. The summed E-state index contributed by atoms with van der Waals surface area (Å²) in [5.41, 5.74) is 1.53. The van der Waals surface area contributed by atoms with Crippen LogP contribution in [0.25, 0.3) is 0 Å². The molecule has 0 aliphatic heterocycles. The number of benzene rings is 2. The molecule has 1 N–H and O–H groups in total. The SMILES string of the molecule is Fc1ccc(Oc2ccnc(NCc3ccc(COCC(F)(F)F)cc3)n2)cc1. The van der Waals surface area contributed by atoms with Crippen LogP contribution >= 0.6 is 0 Å².